The Labute approximate surface area is 167 Å². The first kappa shape index (κ1) is 20.5. The van der Waals surface area contributed by atoms with Crippen LogP contribution in [-0.2, 0) is 30.8 Å². The Kier molecular flexibility index (Phi) is 5.95. The van der Waals surface area contributed by atoms with Gasteiger partial charge in [0.1, 0.15) is 5.69 Å². The van der Waals surface area contributed by atoms with E-state index in [1.807, 2.05) is 0 Å². The van der Waals surface area contributed by atoms with Crippen molar-refractivity contribution < 1.29 is 27.3 Å². The van der Waals surface area contributed by atoms with Gasteiger partial charge in [0.15, 0.2) is 12.2 Å². The van der Waals surface area contributed by atoms with Crippen LogP contribution in [0.4, 0.5) is 5.69 Å². The highest BCUT2D eigenvalue weighted by Crippen LogP contribution is 2.19. The number of anilines is 1. The number of carbonyl (C=O) groups excluding carboxylic acids is 2. The first-order chi connectivity index (χ1) is 13.8. The lowest BCUT2D eigenvalue weighted by molar-refractivity contribution is -0.146. The minimum absolute atomic E-state index is 0.103. The maximum absolute atomic E-state index is 12.0. The molecule has 0 fully saturated rings. The van der Waals surface area contributed by atoms with E-state index in [0.717, 1.165) is 4.31 Å². The number of amides is 1. The molecule has 0 aliphatic carbocycles. The zero-order chi connectivity index (χ0) is 21.0. The van der Waals surface area contributed by atoms with Crippen LogP contribution < -0.4 is 5.32 Å². The third-order valence-corrected chi connectivity index (χ3v) is 5.87. The molecule has 3 aromatic rings. The van der Waals surface area contributed by atoms with Gasteiger partial charge in [0, 0.05) is 25.2 Å². The molecule has 152 valence electrons. The van der Waals surface area contributed by atoms with E-state index < -0.39 is 28.5 Å². The maximum Gasteiger partial charge on any atom is 0.312 e. The zero-order valence-corrected chi connectivity index (χ0v) is 16.6. The van der Waals surface area contributed by atoms with Gasteiger partial charge in [0.05, 0.1) is 11.3 Å². The van der Waals surface area contributed by atoms with Gasteiger partial charge in [-0.1, -0.05) is 17.3 Å². The van der Waals surface area contributed by atoms with E-state index in [-0.39, 0.29) is 11.3 Å². The number of hydrogen-bond donors (Lipinski definition) is 1. The van der Waals surface area contributed by atoms with Gasteiger partial charge in [-0.15, -0.1) is 0 Å². The number of esters is 1. The van der Waals surface area contributed by atoms with E-state index in [1.54, 1.807) is 24.3 Å². The molecular formula is C19H19N3O6S. The number of sulfonamides is 1. The van der Waals surface area contributed by atoms with Gasteiger partial charge in [-0.05, 0) is 36.4 Å². The Morgan fingerprint density at radius 2 is 1.79 bits per heavy atom. The standard InChI is InChI=1S/C19H19N3O6S/c1-22(2)29(25,26)14-9-7-13(8-10-14)20-18(23)12-27-19(24)11-16-15-5-3-4-6-17(15)28-21-16/h3-10H,11-12H2,1-2H3,(H,20,23). The molecular weight excluding hydrogens is 398 g/mol. The molecule has 29 heavy (non-hydrogen) atoms. The number of ether oxygens (including phenoxy) is 1. The van der Waals surface area contributed by atoms with Crippen molar-refractivity contribution in [2.24, 2.45) is 0 Å². The first-order valence-corrected chi connectivity index (χ1v) is 10.0. The number of carbonyl (C=O) groups is 2. The van der Waals surface area contributed by atoms with E-state index in [0.29, 0.717) is 22.4 Å². The lowest BCUT2D eigenvalue weighted by atomic mass is 10.2. The van der Waals surface area contributed by atoms with E-state index in [9.17, 15) is 18.0 Å². The molecule has 0 spiro atoms. The number of rotatable bonds is 7. The lowest BCUT2D eigenvalue weighted by Gasteiger charge is -2.12. The van der Waals surface area contributed by atoms with Gasteiger partial charge in [0.2, 0.25) is 10.0 Å². The van der Waals surface area contributed by atoms with E-state index in [2.05, 4.69) is 10.5 Å². The van der Waals surface area contributed by atoms with Crippen LogP contribution in [0.25, 0.3) is 11.0 Å². The Morgan fingerprint density at radius 3 is 2.48 bits per heavy atom. The summed E-state index contributed by atoms with van der Waals surface area (Å²) in [5.74, 6) is -1.17. The molecule has 0 bridgehead atoms. The minimum Gasteiger partial charge on any atom is -0.455 e. The molecule has 1 heterocycles. The molecule has 1 aromatic heterocycles. The van der Waals surface area contributed by atoms with Crippen LogP contribution in [0.1, 0.15) is 5.69 Å². The summed E-state index contributed by atoms with van der Waals surface area (Å²) < 4.78 is 35.2. The number of benzene rings is 2. The first-order valence-electron chi connectivity index (χ1n) is 8.59. The molecule has 0 saturated heterocycles. The normalized spacial score (nSPS) is 11.6. The van der Waals surface area contributed by atoms with Gasteiger partial charge < -0.3 is 14.6 Å². The van der Waals surface area contributed by atoms with E-state index in [4.69, 9.17) is 9.26 Å². The number of hydrogen-bond acceptors (Lipinski definition) is 7. The summed E-state index contributed by atoms with van der Waals surface area (Å²) >= 11 is 0. The Hall–Kier alpha value is -3.24. The average Bonchev–Trinajstić information content (AvgIpc) is 3.09. The predicted octanol–water partition coefficient (Wildman–Crippen LogP) is 1.80. The molecule has 0 atom stereocenters. The van der Waals surface area contributed by atoms with Crippen LogP contribution in [0.2, 0.25) is 0 Å². The van der Waals surface area contributed by atoms with Crippen molar-refractivity contribution in [3.63, 3.8) is 0 Å². The largest absolute Gasteiger partial charge is 0.455 e. The molecule has 0 saturated carbocycles. The van der Waals surface area contributed by atoms with E-state index in [1.165, 1.54) is 38.4 Å². The third kappa shape index (κ3) is 4.79. The summed E-state index contributed by atoms with van der Waals surface area (Å²) in [6.07, 6.45) is -0.124. The zero-order valence-electron chi connectivity index (χ0n) is 15.8. The highest BCUT2D eigenvalue weighted by molar-refractivity contribution is 7.89. The second-order valence-corrected chi connectivity index (χ2v) is 8.47. The molecule has 1 amide bonds. The van der Waals surface area contributed by atoms with Gasteiger partial charge in [0.25, 0.3) is 5.91 Å². The average molecular weight is 417 g/mol. The van der Waals surface area contributed by atoms with Crippen molar-refractivity contribution in [2.75, 3.05) is 26.0 Å². The van der Waals surface area contributed by atoms with Gasteiger partial charge in [-0.2, -0.15) is 0 Å². The Balaban J connectivity index is 1.52. The topological polar surface area (TPSA) is 119 Å². The summed E-state index contributed by atoms with van der Waals surface area (Å²) in [5, 5.41) is 7.09. The Morgan fingerprint density at radius 1 is 1.10 bits per heavy atom. The maximum atomic E-state index is 12.0. The van der Waals surface area contributed by atoms with Gasteiger partial charge >= 0.3 is 5.97 Å². The van der Waals surface area contributed by atoms with Crippen molar-refractivity contribution in [2.45, 2.75) is 11.3 Å². The number of nitrogens with zero attached hydrogens (tertiary/aromatic N) is 2. The fraction of sp³-hybridized carbons (Fsp3) is 0.211. The van der Waals surface area contributed by atoms with Crippen molar-refractivity contribution in [3.05, 3.63) is 54.2 Å². The summed E-state index contributed by atoms with van der Waals surface area (Å²) in [6, 6.07) is 12.8. The molecule has 0 unspecified atom stereocenters. The monoisotopic (exact) mass is 417 g/mol. The van der Waals surface area contributed by atoms with Gasteiger partial charge in [-0.3, -0.25) is 9.59 Å². The van der Waals surface area contributed by atoms with Crippen LogP contribution in [0.5, 0.6) is 0 Å². The molecule has 10 heteroatoms. The summed E-state index contributed by atoms with van der Waals surface area (Å²) in [6.45, 7) is -0.480. The quantitative estimate of drug-likeness (QED) is 0.582. The Bertz CT molecular complexity index is 1140. The summed E-state index contributed by atoms with van der Waals surface area (Å²) in [5.41, 5.74) is 1.38. The molecule has 2 aromatic carbocycles. The van der Waals surface area contributed by atoms with Crippen LogP contribution in [0.3, 0.4) is 0 Å². The molecule has 0 radical (unpaired) electrons. The van der Waals surface area contributed by atoms with E-state index >= 15 is 0 Å². The third-order valence-electron chi connectivity index (χ3n) is 4.04. The second-order valence-electron chi connectivity index (χ2n) is 6.32. The van der Waals surface area contributed by atoms with Crippen LogP contribution in [0, 0.1) is 0 Å². The second kappa shape index (κ2) is 8.41. The molecule has 1 N–H and O–H groups in total. The minimum atomic E-state index is -3.55. The number of nitrogens with one attached hydrogen (secondary N) is 1. The van der Waals surface area contributed by atoms with Crippen molar-refractivity contribution in [3.8, 4) is 0 Å². The molecule has 3 rings (SSSR count). The summed E-state index contributed by atoms with van der Waals surface area (Å²) in [4.78, 5) is 24.1. The van der Waals surface area contributed by atoms with Crippen LogP contribution >= 0.6 is 0 Å². The highest BCUT2D eigenvalue weighted by atomic mass is 32.2. The van der Waals surface area contributed by atoms with Crippen molar-refractivity contribution in [1.29, 1.82) is 0 Å². The lowest BCUT2D eigenvalue weighted by Crippen LogP contribution is -2.23. The molecule has 9 nitrogen and oxygen atoms in total. The highest BCUT2D eigenvalue weighted by Gasteiger charge is 2.17. The van der Waals surface area contributed by atoms with Crippen molar-refractivity contribution >= 4 is 38.6 Å². The number of fused-ring (bicyclic) bond motifs is 1. The molecule has 0 aliphatic heterocycles. The van der Waals surface area contributed by atoms with Crippen LogP contribution in [-0.4, -0.2) is 50.5 Å². The molecule has 0 aliphatic rings. The smallest absolute Gasteiger partial charge is 0.312 e. The van der Waals surface area contributed by atoms with Crippen molar-refractivity contribution in [1.82, 2.24) is 9.46 Å². The SMILES string of the molecule is CN(C)S(=O)(=O)c1ccc(NC(=O)COC(=O)Cc2noc3ccccc23)cc1. The fourth-order valence-electron chi connectivity index (χ4n) is 2.52. The number of aromatic nitrogens is 1. The van der Waals surface area contributed by atoms with Gasteiger partial charge in [-0.25, -0.2) is 12.7 Å². The van der Waals surface area contributed by atoms with Crippen LogP contribution in [0.15, 0.2) is 57.9 Å². The number of para-hydroxylation sites is 1. The predicted molar refractivity (Wildman–Crippen MR) is 105 cm³/mol. The summed E-state index contributed by atoms with van der Waals surface area (Å²) in [7, 11) is -0.683. The fourth-order valence-corrected chi connectivity index (χ4v) is 3.42.